The van der Waals surface area contributed by atoms with Crippen LogP contribution in [-0.2, 0) is 5.41 Å². The Bertz CT molecular complexity index is 1120. The summed E-state index contributed by atoms with van der Waals surface area (Å²) in [4.78, 5) is 12.8. The molecule has 1 saturated carbocycles. The number of halogens is 1. The Morgan fingerprint density at radius 3 is 2.21 bits per heavy atom. The summed E-state index contributed by atoms with van der Waals surface area (Å²) < 4.78 is 0.829. The molecule has 0 spiro atoms. The van der Waals surface area contributed by atoms with E-state index in [4.69, 9.17) is 0 Å². The minimum atomic E-state index is -0.00857. The molecule has 4 heteroatoms. The second-order valence-electron chi connectivity index (χ2n) is 9.02. The van der Waals surface area contributed by atoms with Crippen LogP contribution in [0, 0.1) is 6.92 Å². The molecule has 0 unspecified atom stereocenters. The van der Waals surface area contributed by atoms with Crippen LogP contribution in [0.4, 0.5) is 0 Å². The predicted octanol–water partition coefficient (Wildman–Crippen LogP) is 6.63. The first-order chi connectivity index (χ1) is 16.0. The first-order valence-electron chi connectivity index (χ1n) is 11.6. The zero-order valence-electron chi connectivity index (χ0n) is 19.1. The molecule has 0 aliphatic heterocycles. The molecule has 0 radical (unpaired) electrons. The van der Waals surface area contributed by atoms with Crippen molar-refractivity contribution >= 4 is 27.5 Å². The number of nitrogens with one attached hydrogen (secondary N) is 2. The third kappa shape index (κ3) is 5.39. The van der Waals surface area contributed by atoms with E-state index in [1.54, 1.807) is 0 Å². The molecule has 1 amide bonds. The number of carbonyl (C=O) groups is 1. The van der Waals surface area contributed by atoms with Crippen molar-refractivity contribution in [2.45, 2.75) is 44.1 Å². The average molecular weight is 503 g/mol. The van der Waals surface area contributed by atoms with Crippen LogP contribution in [0.1, 0.15) is 52.7 Å². The third-order valence-corrected chi connectivity index (χ3v) is 7.58. The van der Waals surface area contributed by atoms with Gasteiger partial charge in [0.1, 0.15) is 0 Å². The number of rotatable bonds is 7. The van der Waals surface area contributed by atoms with E-state index in [1.807, 2.05) is 24.3 Å². The highest BCUT2D eigenvalue weighted by Crippen LogP contribution is 2.39. The van der Waals surface area contributed by atoms with Gasteiger partial charge in [0.15, 0.2) is 0 Å². The molecule has 0 heterocycles. The van der Waals surface area contributed by atoms with Gasteiger partial charge in [-0.05, 0) is 77.4 Å². The molecule has 4 rings (SSSR count). The standard InChI is InChI=1S/C29H31BrN2O/c1-21-10-6-7-13-25(21)22(2)31-20-29(23-11-4-3-5-12-23)18-16-24(17-19-29)32-28(33)26-14-8-9-15-27(26)30/h3-15,24,31H,2,16-20H2,1H3,(H,32,33). The molecule has 1 fully saturated rings. The summed E-state index contributed by atoms with van der Waals surface area (Å²) in [6.07, 6.45) is 3.91. The molecule has 170 valence electrons. The van der Waals surface area contributed by atoms with Crippen molar-refractivity contribution in [2.24, 2.45) is 0 Å². The van der Waals surface area contributed by atoms with Crippen LogP contribution in [0.5, 0.6) is 0 Å². The van der Waals surface area contributed by atoms with Crippen LogP contribution in [0.25, 0.3) is 5.70 Å². The molecule has 0 bridgehead atoms. The van der Waals surface area contributed by atoms with E-state index in [1.165, 1.54) is 11.1 Å². The Hall–Kier alpha value is -2.85. The van der Waals surface area contributed by atoms with Gasteiger partial charge < -0.3 is 10.6 Å². The topological polar surface area (TPSA) is 41.1 Å². The molecule has 1 aliphatic carbocycles. The van der Waals surface area contributed by atoms with Gasteiger partial charge in [-0.2, -0.15) is 0 Å². The maximum Gasteiger partial charge on any atom is 0.252 e. The van der Waals surface area contributed by atoms with E-state index in [0.717, 1.165) is 48.0 Å². The van der Waals surface area contributed by atoms with Crippen molar-refractivity contribution < 1.29 is 4.79 Å². The molecular formula is C29H31BrN2O. The lowest BCUT2D eigenvalue weighted by Crippen LogP contribution is -2.46. The van der Waals surface area contributed by atoms with Gasteiger partial charge in [-0.3, -0.25) is 4.79 Å². The Morgan fingerprint density at radius 1 is 0.939 bits per heavy atom. The van der Waals surface area contributed by atoms with E-state index in [9.17, 15) is 4.79 Å². The molecular weight excluding hydrogens is 472 g/mol. The number of aryl methyl sites for hydroxylation is 1. The monoisotopic (exact) mass is 502 g/mol. The quantitative estimate of drug-likeness (QED) is 0.380. The zero-order valence-corrected chi connectivity index (χ0v) is 20.7. The zero-order chi connectivity index (χ0) is 23.3. The van der Waals surface area contributed by atoms with Gasteiger partial charge in [0.05, 0.1) is 5.56 Å². The molecule has 0 aromatic heterocycles. The summed E-state index contributed by atoms with van der Waals surface area (Å²) in [5.41, 5.74) is 5.41. The molecule has 0 atom stereocenters. The molecule has 0 saturated heterocycles. The predicted molar refractivity (Wildman–Crippen MR) is 140 cm³/mol. The lowest BCUT2D eigenvalue weighted by Gasteiger charge is -2.41. The number of hydrogen-bond donors (Lipinski definition) is 2. The number of amides is 1. The third-order valence-electron chi connectivity index (χ3n) is 6.89. The second-order valence-corrected chi connectivity index (χ2v) is 9.88. The van der Waals surface area contributed by atoms with Gasteiger partial charge in [-0.25, -0.2) is 0 Å². The van der Waals surface area contributed by atoms with Crippen molar-refractivity contribution in [3.63, 3.8) is 0 Å². The summed E-state index contributed by atoms with van der Waals surface area (Å²) in [6, 6.07) is 26.9. The highest BCUT2D eigenvalue weighted by atomic mass is 79.9. The second kappa shape index (κ2) is 10.4. The van der Waals surface area contributed by atoms with E-state index >= 15 is 0 Å². The number of benzene rings is 3. The van der Waals surface area contributed by atoms with Crippen molar-refractivity contribution in [3.8, 4) is 0 Å². The van der Waals surface area contributed by atoms with Gasteiger partial charge >= 0.3 is 0 Å². The fourth-order valence-corrected chi connectivity index (χ4v) is 5.33. The first kappa shape index (κ1) is 23.3. The van der Waals surface area contributed by atoms with E-state index in [0.29, 0.717) is 5.56 Å². The summed E-state index contributed by atoms with van der Waals surface area (Å²) in [5.74, 6) is -0.00857. The fraction of sp³-hybridized carbons (Fsp3) is 0.276. The van der Waals surface area contributed by atoms with E-state index in [-0.39, 0.29) is 17.4 Å². The van der Waals surface area contributed by atoms with E-state index < -0.39 is 0 Å². The molecule has 3 aromatic carbocycles. The Morgan fingerprint density at radius 2 is 1.55 bits per heavy atom. The Labute approximate surface area is 205 Å². The molecule has 2 N–H and O–H groups in total. The molecule has 1 aliphatic rings. The highest BCUT2D eigenvalue weighted by molar-refractivity contribution is 9.10. The largest absolute Gasteiger partial charge is 0.384 e. The maximum absolute atomic E-state index is 12.8. The van der Waals surface area contributed by atoms with Crippen molar-refractivity contribution in [1.82, 2.24) is 10.6 Å². The van der Waals surface area contributed by atoms with Crippen molar-refractivity contribution in [3.05, 3.63) is 112 Å². The molecule has 33 heavy (non-hydrogen) atoms. The Balaban J connectivity index is 1.45. The van der Waals surface area contributed by atoms with E-state index in [2.05, 4.69) is 94.7 Å². The van der Waals surface area contributed by atoms with Crippen LogP contribution < -0.4 is 10.6 Å². The number of carbonyl (C=O) groups excluding carboxylic acids is 1. The van der Waals surface area contributed by atoms with Crippen LogP contribution in [-0.4, -0.2) is 18.5 Å². The minimum Gasteiger partial charge on any atom is -0.384 e. The summed E-state index contributed by atoms with van der Waals surface area (Å²) >= 11 is 3.49. The van der Waals surface area contributed by atoms with Gasteiger partial charge in [-0.15, -0.1) is 0 Å². The highest BCUT2D eigenvalue weighted by Gasteiger charge is 2.37. The number of hydrogen-bond acceptors (Lipinski definition) is 2. The Kier molecular flexibility index (Phi) is 7.34. The summed E-state index contributed by atoms with van der Waals surface area (Å²) in [5, 5.41) is 6.91. The lowest BCUT2D eigenvalue weighted by atomic mass is 9.68. The van der Waals surface area contributed by atoms with Crippen molar-refractivity contribution in [1.29, 1.82) is 0 Å². The summed E-state index contributed by atoms with van der Waals surface area (Å²) in [6.45, 7) is 7.27. The van der Waals surface area contributed by atoms with Gasteiger partial charge in [0, 0.05) is 28.2 Å². The first-order valence-corrected chi connectivity index (χ1v) is 12.4. The maximum atomic E-state index is 12.8. The van der Waals surface area contributed by atoms with Gasteiger partial charge in [-0.1, -0.05) is 73.3 Å². The molecule has 3 nitrogen and oxygen atoms in total. The fourth-order valence-electron chi connectivity index (χ4n) is 4.87. The smallest absolute Gasteiger partial charge is 0.252 e. The molecule has 3 aromatic rings. The van der Waals surface area contributed by atoms with Crippen LogP contribution in [0.3, 0.4) is 0 Å². The van der Waals surface area contributed by atoms with Gasteiger partial charge in [0.25, 0.3) is 5.91 Å². The van der Waals surface area contributed by atoms with Crippen LogP contribution in [0.2, 0.25) is 0 Å². The minimum absolute atomic E-state index is 0.00857. The van der Waals surface area contributed by atoms with Crippen LogP contribution >= 0.6 is 15.9 Å². The SMILES string of the molecule is C=C(NCC1(c2ccccc2)CCC(NC(=O)c2ccccc2Br)CC1)c1ccccc1C. The lowest BCUT2D eigenvalue weighted by molar-refractivity contribution is 0.0916. The van der Waals surface area contributed by atoms with Crippen molar-refractivity contribution in [2.75, 3.05) is 6.54 Å². The van der Waals surface area contributed by atoms with Crippen LogP contribution in [0.15, 0.2) is 89.9 Å². The summed E-state index contributed by atoms with van der Waals surface area (Å²) in [7, 11) is 0. The van der Waals surface area contributed by atoms with Gasteiger partial charge in [0.2, 0.25) is 0 Å². The normalized spacial score (nSPS) is 20.1. The average Bonchev–Trinajstić information content (AvgIpc) is 2.84.